The molecule has 1 saturated carbocycles. The van der Waals surface area contributed by atoms with E-state index in [1.165, 1.54) is 64.7 Å². The number of aryl methyl sites for hydroxylation is 1. The van der Waals surface area contributed by atoms with Gasteiger partial charge in [-0.05, 0) is 39.3 Å². The number of hydrogen-bond donors (Lipinski definition) is 0. The molecule has 1 aromatic heterocycles. The zero-order valence-electron chi connectivity index (χ0n) is 13.4. The van der Waals surface area contributed by atoms with Gasteiger partial charge in [-0.25, -0.2) is 0 Å². The van der Waals surface area contributed by atoms with Gasteiger partial charge in [0.05, 0.1) is 0 Å². The molecule has 2 heterocycles. The van der Waals surface area contributed by atoms with Crippen LogP contribution >= 0.6 is 0 Å². The molecule has 0 spiro atoms. The molecular weight excluding hydrogens is 262 g/mol. The maximum Gasteiger partial charge on any atom is 0.129 e. The van der Waals surface area contributed by atoms with Gasteiger partial charge in [-0.3, -0.25) is 4.90 Å². The number of hydrogen-bond acceptors (Lipinski definition) is 4. The second-order valence-electron chi connectivity index (χ2n) is 6.59. The van der Waals surface area contributed by atoms with Gasteiger partial charge in [-0.2, -0.15) is 0 Å². The van der Waals surface area contributed by atoms with Crippen LogP contribution in [0.5, 0.6) is 0 Å². The predicted octanol–water partition coefficient (Wildman–Crippen LogP) is 1.93. The lowest BCUT2D eigenvalue weighted by Gasteiger charge is -2.33. The third-order valence-corrected chi connectivity index (χ3v) is 5.18. The normalized spacial score (nSPS) is 23.3. The van der Waals surface area contributed by atoms with Crippen molar-refractivity contribution in [2.45, 2.75) is 58.0 Å². The van der Waals surface area contributed by atoms with E-state index < -0.39 is 0 Å². The van der Waals surface area contributed by atoms with Crippen LogP contribution in [0.4, 0.5) is 0 Å². The van der Waals surface area contributed by atoms with Gasteiger partial charge in [0.1, 0.15) is 12.2 Å². The Morgan fingerprint density at radius 2 is 1.86 bits per heavy atom. The Morgan fingerprint density at radius 3 is 2.62 bits per heavy atom. The molecule has 3 rings (SSSR count). The molecule has 2 fully saturated rings. The Bertz CT molecular complexity index is 424. The van der Waals surface area contributed by atoms with E-state index in [0.717, 1.165) is 25.0 Å². The summed E-state index contributed by atoms with van der Waals surface area (Å²) in [6, 6.07) is 0.874. The molecule has 5 heteroatoms. The first-order valence-corrected chi connectivity index (χ1v) is 8.64. The Labute approximate surface area is 128 Å². The molecule has 21 heavy (non-hydrogen) atoms. The van der Waals surface area contributed by atoms with Gasteiger partial charge in [-0.1, -0.05) is 19.3 Å². The first-order chi connectivity index (χ1) is 10.3. The molecule has 118 valence electrons. The second kappa shape index (κ2) is 7.36. The lowest BCUT2D eigenvalue weighted by Crippen LogP contribution is -2.39. The SMILES string of the molecule is Cc1nncn1CCN1CCCN(C2CCCCC2)CC1. The van der Waals surface area contributed by atoms with Crippen molar-refractivity contribution in [3.8, 4) is 0 Å². The van der Waals surface area contributed by atoms with Crippen LogP contribution < -0.4 is 0 Å². The van der Waals surface area contributed by atoms with Crippen LogP contribution in [0.2, 0.25) is 0 Å². The molecule has 0 unspecified atom stereocenters. The highest BCUT2D eigenvalue weighted by Crippen LogP contribution is 2.23. The summed E-state index contributed by atoms with van der Waals surface area (Å²) < 4.78 is 2.16. The monoisotopic (exact) mass is 291 g/mol. The molecule has 0 radical (unpaired) electrons. The van der Waals surface area contributed by atoms with E-state index in [9.17, 15) is 0 Å². The topological polar surface area (TPSA) is 37.2 Å². The number of aromatic nitrogens is 3. The van der Waals surface area contributed by atoms with Crippen LogP contribution in [0.3, 0.4) is 0 Å². The maximum absolute atomic E-state index is 4.06. The molecule has 0 N–H and O–H groups in total. The largest absolute Gasteiger partial charge is 0.317 e. The van der Waals surface area contributed by atoms with Crippen molar-refractivity contribution in [1.82, 2.24) is 24.6 Å². The van der Waals surface area contributed by atoms with E-state index in [2.05, 4.69) is 24.6 Å². The minimum absolute atomic E-state index is 0.874. The highest BCUT2D eigenvalue weighted by Gasteiger charge is 2.23. The van der Waals surface area contributed by atoms with Crippen LogP contribution in [-0.2, 0) is 6.54 Å². The van der Waals surface area contributed by atoms with Gasteiger partial charge >= 0.3 is 0 Å². The summed E-state index contributed by atoms with van der Waals surface area (Å²) in [6.45, 7) is 9.18. The Balaban J connectivity index is 1.45. The summed E-state index contributed by atoms with van der Waals surface area (Å²) >= 11 is 0. The summed E-state index contributed by atoms with van der Waals surface area (Å²) in [5, 5.41) is 8.02. The lowest BCUT2D eigenvalue weighted by molar-refractivity contribution is 0.158. The Kier molecular flexibility index (Phi) is 5.25. The number of rotatable bonds is 4. The fourth-order valence-corrected chi connectivity index (χ4v) is 3.81. The average Bonchev–Trinajstić information content (AvgIpc) is 2.79. The Morgan fingerprint density at radius 1 is 1.00 bits per heavy atom. The van der Waals surface area contributed by atoms with Crippen LogP contribution in [0, 0.1) is 6.92 Å². The second-order valence-corrected chi connectivity index (χ2v) is 6.59. The molecule has 0 amide bonds. The van der Waals surface area contributed by atoms with E-state index in [1.54, 1.807) is 0 Å². The number of nitrogens with zero attached hydrogens (tertiary/aromatic N) is 5. The van der Waals surface area contributed by atoms with E-state index >= 15 is 0 Å². The van der Waals surface area contributed by atoms with Crippen molar-refractivity contribution < 1.29 is 0 Å². The maximum atomic E-state index is 4.06. The zero-order valence-corrected chi connectivity index (χ0v) is 13.4. The van der Waals surface area contributed by atoms with Crippen LogP contribution in [-0.4, -0.2) is 63.3 Å². The summed E-state index contributed by atoms with van der Waals surface area (Å²) in [6.07, 6.45) is 10.4. The van der Waals surface area contributed by atoms with Gasteiger partial charge in [0.15, 0.2) is 0 Å². The quantitative estimate of drug-likeness (QED) is 0.849. The van der Waals surface area contributed by atoms with Crippen LogP contribution in [0.1, 0.15) is 44.3 Å². The van der Waals surface area contributed by atoms with Gasteiger partial charge in [0, 0.05) is 32.2 Å². The minimum atomic E-state index is 0.874. The predicted molar refractivity (Wildman–Crippen MR) is 84.3 cm³/mol. The standard InChI is InChI=1S/C16H29N5/c1-15-18-17-14-21(15)13-11-19-8-5-9-20(12-10-19)16-6-3-2-4-7-16/h14,16H,2-13H2,1H3. The van der Waals surface area contributed by atoms with Crippen molar-refractivity contribution in [2.75, 3.05) is 32.7 Å². The van der Waals surface area contributed by atoms with E-state index in [1.807, 2.05) is 13.3 Å². The van der Waals surface area contributed by atoms with Crippen molar-refractivity contribution in [3.05, 3.63) is 12.2 Å². The highest BCUT2D eigenvalue weighted by molar-refractivity contribution is 4.82. The highest BCUT2D eigenvalue weighted by atomic mass is 15.3. The molecule has 1 aliphatic heterocycles. The first kappa shape index (κ1) is 15.0. The molecule has 2 aliphatic rings. The Hall–Kier alpha value is -0.940. The smallest absolute Gasteiger partial charge is 0.129 e. The minimum Gasteiger partial charge on any atom is -0.317 e. The first-order valence-electron chi connectivity index (χ1n) is 8.64. The molecule has 1 aromatic rings. The van der Waals surface area contributed by atoms with Gasteiger partial charge in [0.2, 0.25) is 0 Å². The van der Waals surface area contributed by atoms with Crippen molar-refractivity contribution in [1.29, 1.82) is 0 Å². The van der Waals surface area contributed by atoms with E-state index in [0.29, 0.717) is 0 Å². The lowest BCUT2D eigenvalue weighted by atomic mass is 9.94. The van der Waals surface area contributed by atoms with E-state index in [4.69, 9.17) is 0 Å². The molecule has 0 bridgehead atoms. The molecule has 0 aromatic carbocycles. The van der Waals surface area contributed by atoms with Gasteiger partial charge in [0.25, 0.3) is 0 Å². The average molecular weight is 291 g/mol. The van der Waals surface area contributed by atoms with Crippen molar-refractivity contribution in [2.24, 2.45) is 0 Å². The summed E-state index contributed by atoms with van der Waals surface area (Å²) in [4.78, 5) is 5.38. The van der Waals surface area contributed by atoms with Crippen molar-refractivity contribution >= 4 is 0 Å². The third kappa shape index (κ3) is 4.04. The van der Waals surface area contributed by atoms with Crippen molar-refractivity contribution in [3.63, 3.8) is 0 Å². The summed E-state index contributed by atoms with van der Waals surface area (Å²) in [7, 11) is 0. The van der Waals surface area contributed by atoms with Crippen LogP contribution in [0.15, 0.2) is 6.33 Å². The summed E-state index contributed by atoms with van der Waals surface area (Å²) in [5.74, 6) is 1.02. The molecule has 5 nitrogen and oxygen atoms in total. The van der Waals surface area contributed by atoms with Gasteiger partial charge < -0.3 is 9.47 Å². The third-order valence-electron chi connectivity index (χ3n) is 5.18. The summed E-state index contributed by atoms with van der Waals surface area (Å²) in [5.41, 5.74) is 0. The molecule has 1 aliphatic carbocycles. The molecule has 0 atom stereocenters. The van der Waals surface area contributed by atoms with Gasteiger partial charge in [-0.15, -0.1) is 10.2 Å². The van der Waals surface area contributed by atoms with E-state index in [-0.39, 0.29) is 0 Å². The fourth-order valence-electron chi connectivity index (χ4n) is 3.81. The molecular formula is C16H29N5. The van der Waals surface area contributed by atoms with Crippen LogP contribution in [0.25, 0.3) is 0 Å². The molecule has 1 saturated heterocycles. The fraction of sp³-hybridized carbons (Fsp3) is 0.875. The zero-order chi connectivity index (χ0) is 14.5.